The lowest BCUT2D eigenvalue weighted by Gasteiger charge is -2.16. The molecule has 0 bridgehead atoms. The van der Waals surface area contributed by atoms with Crippen LogP contribution in [0.15, 0.2) is 24.3 Å². The number of nitrogens with zero attached hydrogens (tertiary/aromatic N) is 1. The molecule has 3 rings (SSSR count). The molecule has 1 aliphatic rings. The van der Waals surface area contributed by atoms with Crippen LogP contribution in [0.4, 0.5) is 4.39 Å². The van der Waals surface area contributed by atoms with Gasteiger partial charge in [0.15, 0.2) is 0 Å². The minimum atomic E-state index is -0.331. The van der Waals surface area contributed by atoms with E-state index in [1.54, 1.807) is 12.1 Å². The highest BCUT2D eigenvalue weighted by Crippen LogP contribution is 2.32. The van der Waals surface area contributed by atoms with Crippen molar-refractivity contribution < 1.29 is 13.9 Å². The molecule has 0 saturated carbocycles. The fourth-order valence-electron chi connectivity index (χ4n) is 2.68. The van der Waals surface area contributed by atoms with Gasteiger partial charge >= 0.3 is 0 Å². The number of hydrogen-bond donors (Lipinski definition) is 1. The summed E-state index contributed by atoms with van der Waals surface area (Å²) in [5.41, 5.74) is 1.76. The second-order valence-corrected chi connectivity index (χ2v) is 6.74. The lowest BCUT2D eigenvalue weighted by molar-refractivity contribution is -0.130. The van der Waals surface area contributed by atoms with E-state index in [2.05, 4.69) is 10.3 Å². The van der Waals surface area contributed by atoms with Gasteiger partial charge in [0.1, 0.15) is 16.9 Å². The number of aromatic nitrogens is 1. The van der Waals surface area contributed by atoms with Gasteiger partial charge in [-0.1, -0.05) is 0 Å². The van der Waals surface area contributed by atoms with Crippen LogP contribution >= 0.6 is 11.3 Å². The van der Waals surface area contributed by atoms with Crippen LogP contribution in [-0.4, -0.2) is 23.6 Å². The zero-order valence-electron chi connectivity index (χ0n) is 13.1. The number of benzene rings is 1. The van der Waals surface area contributed by atoms with E-state index in [4.69, 9.17) is 4.74 Å². The zero-order chi connectivity index (χ0) is 16.4. The molecule has 0 unspecified atom stereocenters. The van der Waals surface area contributed by atoms with Crippen LogP contribution in [0.3, 0.4) is 0 Å². The smallest absolute Gasteiger partial charge is 0.249 e. The first kappa shape index (κ1) is 16.1. The molecular formula is C17H19FN2O2S. The number of ether oxygens (including phenoxy) is 1. The first-order chi connectivity index (χ1) is 11.0. The summed E-state index contributed by atoms with van der Waals surface area (Å²) in [4.78, 5) is 17.7. The molecule has 1 amide bonds. The molecular weight excluding hydrogens is 315 g/mol. The Morgan fingerprint density at radius 3 is 2.83 bits per heavy atom. The number of nitrogens with one attached hydrogen (secondary N) is 1. The molecule has 2 atom stereocenters. The Balaban J connectivity index is 1.74. The fraction of sp³-hybridized carbons (Fsp3) is 0.412. The van der Waals surface area contributed by atoms with Crippen molar-refractivity contribution in [1.82, 2.24) is 10.3 Å². The summed E-state index contributed by atoms with van der Waals surface area (Å²) >= 11 is 1.52. The van der Waals surface area contributed by atoms with E-state index in [0.29, 0.717) is 6.61 Å². The molecule has 6 heteroatoms. The summed E-state index contributed by atoms with van der Waals surface area (Å²) in [5, 5.41) is 3.83. The van der Waals surface area contributed by atoms with E-state index in [0.717, 1.165) is 34.0 Å². The molecule has 1 N–H and O–H groups in total. The first-order valence-corrected chi connectivity index (χ1v) is 8.51. The molecule has 1 aliphatic heterocycles. The SMILES string of the molecule is Cc1nc(-c2ccc(F)cc2)sc1[C@@H](C)NC(=O)[C@H]1CCCO1. The number of hydrogen-bond acceptors (Lipinski definition) is 4. The van der Waals surface area contributed by atoms with Gasteiger partial charge in [-0.05, 0) is 51.0 Å². The predicted octanol–water partition coefficient (Wildman–Crippen LogP) is 3.61. The van der Waals surface area contributed by atoms with Crippen molar-refractivity contribution in [3.05, 3.63) is 40.7 Å². The number of aryl methyl sites for hydroxylation is 1. The molecule has 1 saturated heterocycles. The summed E-state index contributed by atoms with van der Waals surface area (Å²) in [6.45, 7) is 4.52. The Kier molecular flexibility index (Phi) is 4.73. The van der Waals surface area contributed by atoms with Crippen LogP contribution in [-0.2, 0) is 9.53 Å². The highest BCUT2D eigenvalue weighted by atomic mass is 32.1. The lowest BCUT2D eigenvalue weighted by atomic mass is 10.2. The average Bonchev–Trinajstić information content (AvgIpc) is 3.17. The summed E-state index contributed by atoms with van der Waals surface area (Å²) in [5.74, 6) is -0.328. The quantitative estimate of drug-likeness (QED) is 0.929. The van der Waals surface area contributed by atoms with Gasteiger partial charge in [-0.25, -0.2) is 9.37 Å². The monoisotopic (exact) mass is 334 g/mol. The van der Waals surface area contributed by atoms with Crippen LogP contribution < -0.4 is 5.32 Å². The Labute approximate surface area is 138 Å². The van der Waals surface area contributed by atoms with Crippen LogP contribution in [0.1, 0.15) is 36.4 Å². The molecule has 1 aromatic carbocycles. The van der Waals surface area contributed by atoms with Crippen molar-refractivity contribution in [3.8, 4) is 10.6 Å². The molecule has 1 aromatic heterocycles. The molecule has 0 spiro atoms. The lowest BCUT2D eigenvalue weighted by Crippen LogP contribution is -2.35. The van der Waals surface area contributed by atoms with Crippen molar-refractivity contribution in [1.29, 1.82) is 0 Å². The first-order valence-electron chi connectivity index (χ1n) is 7.70. The third-order valence-corrected chi connectivity index (χ3v) is 5.29. The van der Waals surface area contributed by atoms with Gasteiger partial charge in [0.25, 0.3) is 0 Å². The predicted molar refractivity (Wildman–Crippen MR) is 87.8 cm³/mol. The molecule has 0 radical (unpaired) electrons. The largest absolute Gasteiger partial charge is 0.368 e. The normalized spacial score (nSPS) is 18.8. The van der Waals surface area contributed by atoms with Gasteiger partial charge in [0, 0.05) is 12.2 Å². The Morgan fingerprint density at radius 1 is 1.43 bits per heavy atom. The van der Waals surface area contributed by atoms with Crippen molar-refractivity contribution in [2.75, 3.05) is 6.61 Å². The summed E-state index contributed by atoms with van der Waals surface area (Å²) in [7, 11) is 0. The van der Waals surface area contributed by atoms with Crippen LogP contribution in [0.5, 0.6) is 0 Å². The Morgan fingerprint density at radius 2 is 2.17 bits per heavy atom. The van der Waals surface area contributed by atoms with Crippen LogP contribution in [0, 0.1) is 12.7 Å². The zero-order valence-corrected chi connectivity index (χ0v) is 14.0. The topological polar surface area (TPSA) is 51.2 Å². The molecule has 2 aromatic rings. The third-order valence-electron chi connectivity index (χ3n) is 3.90. The van der Waals surface area contributed by atoms with Crippen LogP contribution in [0.2, 0.25) is 0 Å². The summed E-state index contributed by atoms with van der Waals surface area (Å²) < 4.78 is 18.4. The molecule has 122 valence electrons. The summed E-state index contributed by atoms with van der Waals surface area (Å²) in [6, 6.07) is 6.15. The fourth-order valence-corrected chi connectivity index (χ4v) is 3.76. The minimum absolute atomic E-state index is 0.0638. The Hall–Kier alpha value is -1.79. The number of carbonyl (C=O) groups is 1. The molecule has 4 nitrogen and oxygen atoms in total. The second kappa shape index (κ2) is 6.76. The van der Waals surface area contributed by atoms with Crippen molar-refractivity contribution in [2.45, 2.75) is 38.8 Å². The van der Waals surface area contributed by atoms with Gasteiger partial charge in [0.2, 0.25) is 5.91 Å². The van der Waals surface area contributed by atoms with Gasteiger partial charge < -0.3 is 10.1 Å². The van der Waals surface area contributed by atoms with Crippen LogP contribution in [0.25, 0.3) is 10.6 Å². The Bertz CT molecular complexity index is 693. The van der Waals surface area contributed by atoms with E-state index in [9.17, 15) is 9.18 Å². The average molecular weight is 334 g/mol. The second-order valence-electron chi connectivity index (χ2n) is 5.71. The maximum absolute atomic E-state index is 13.0. The number of halogens is 1. The minimum Gasteiger partial charge on any atom is -0.368 e. The third kappa shape index (κ3) is 3.59. The maximum Gasteiger partial charge on any atom is 0.249 e. The van der Waals surface area contributed by atoms with E-state index in [1.165, 1.54) is 23.5 Å². The van der Waals surface area contributed by atoms with Gasteiger partial charge in [-0.3, -0.25) is 4.79 Å². The highest BCUT2D eigenvalue weighted by molar-refractivity contribution is 7.15. The number of rotatable bonds is 4. The molecule has 23 heavy (non-hydrogen) atoms. The molecule has 2 heterocycles. The van der Waals surface area contributed by atoms with E-state index < -0.39 is 0 Å². The standard InChI is InChI=1S/C17H19FN2O2S/c1-10(19-16(21)14-4-3-9-22-14)15-11(2)20-17(23-15)12-5-7-13(18)8-6-12/h5-8,10,14H,3-4,9H2,1-2H3,(H,19,21)/t10-,14-/m1/s1. The van der Waals surface area contributed by atoms with Crippen molar-refractivity contribution in [2.24, 2.45) is 0 Å². The van der Waals surface area contributed by atoms with E-state index in [-0.39, 0.29) is 23.9 Å². The number of amides is 1. The van der Waals surface area contributed by atoms with E-state index in [1.807, 2.05) is 13.8 Å². The van der Waals surface area contributed by atoms with Gasteiger partial charge in [0.05, 0.1) is 16.6 Å². The highest BCUT2D eigenvalue weighted by Gasteiger charge is 2.26. The van der Waals surface area contributed by atoms with Crippen molar-refractivity contribution in [3.63, 3.8) is 0 Å². The van der Waals surface area contributed by atoms with E-state index >= 15 is 0 Å². The molecule has 1 fully saturated rings. The maximum atomic E-state index is 13.0. The number of thiazole rings is 1. The molecule has 0 aliphatic carbocycles. The summed E-state index contributed by atoms with van der Waals surface area (Å²) in [6.07, 6.45) is 1.38. The van der Waals surface area contributed by atoms with Gasteiger partial charge in [-0.15, -0.1) is 11.3 Å². The van der Waals surface area contributed by atoms with Gasteiger partial charge in [-0.2, -0.15) is 0 Å². The number of carbonyl (C=O) groups excluding carboxylic acids is 1. The van der Waals surface area contributed by atoms with Crippen molar-refractivity contribution >= 4 is 17.2 Å².